The number of nitrogens with one attached hydrogen (secondary N) is 1. The van der Waals surface area contributed by atoms with Crippen LogP contribution in [0.2, 0.25) is 0 Å². The van der Waals surface area contributed by atoms with Crippen molar-refractivity contribution in [3.63, 3.8) is 0 Å². The molecular formula is C12H9NO6. The Bertz CT molecular complexity index is 658. The van der Waals surface area contributed by atoms with Crippen LogP contribution >= 0.6 is 0 Å². The van der Waals surface area contributed by atoms with Gasteiger partial charge in [-0.2, -0.15) is 0 Å². The van der Waals surface area contributed by atoms with Gasteiger partial charge in [-0.3, -0.25) is 14.4 Å². The molecule has 0 aromatic heterocycles. The van der Waals surface area contributed by atoms with Crippen molar-refractivity contribution in [1.82, 2.24) is 0 Å². The van der Waals surface area contributed by atoms with Gasteiger partial charge in [0.1, 0.15) is 0 Å². The van der Waals surface area contributed by atoms with Gasteiger partial charge >= 0.3 is 0 Å². The number of rotatable bonds is 1. The van der Waals surface area contributed by atoms with Crippen LogP contribution in [0.15, 0.2) is 23.7 Å². The molecule has 0 fully saturated rings. The number of ketones is 2. The number of amides is 1. The molecule has 7 nitrogen and oxygen atoms in total. The van der Waals surface area contributed by atoms with E-state index in [1.165, 1.54) is 19.1 Å². The number of carbonyl (C=O) groups is 3. The Hall–Kier alpha value is -2.83. The summed E-state index contributed by atoms with van der Waals surface area (Å²) in [5, 5.41) is 30.7. The van der Waals surface area contributed by atoms with Crippen LogP contribution in [0, 0.1) is 0 Å². The van der Waals surface area contributed by atoms with E-state index in [4.69, 9.17) is 0 Å². The SMILES string of the molecule is CC(=O)Nc1ccc2c(c1O)C(=O)C(O)=C(O)C2=O. The zero-order chi connectivity index (χ0) is 14.3. The molecular weight excluding hydrogens is 254 g/mol. The number of aliphatic hydroxyl groups is 2. The van der Waals surface area contributed by atoms with Crippen LogP contribution in [-0.4, -0.2) is 32.8 Å². The Labute approximate surface area is 106 Å². The quantitative estimate of drug-likeness (QED) is 0.561. The fourth-order valence-corrected chi connectivity index (χ4v) is 1.76. The van der Waals surface area contributed by atoms with Crippen molar-refractivity contribution in [1.29, 1.82) is 0 Å². The average molecular weight is 263 g/mol. The molecule has 0 saturated heterocycles. The molecule has 4 N–H and O–H groups in total. The molecule has 7 heteroatoms. The van der Waals surface area contributed by atoms with E-state index in [9.17, 15) is 29.7 Å². The molecule has 0 saturated carbocycles. The van der Waals surface area contributed by atoms with E-state index in [0.29, 0.717) is 0 Å². The topological polar surface area (TPSA) is 124 Å². The summed E-state index contributed by atoms with van der Waals surface area (Å²) in [6.07, 6.45) is 0. The van der Waals surface area contributed by atoms with Gasteiger partial charge in [0.2, 0.25) is 29.0 Å². The number of phenols is 1. The lowest BCUT2D eigenvalue weighted by molar-refractivity contribution is -0.114. The van der Waals surface area contributed by atoms with Gasteiger partial charge in [0.25, 0.3) is 0 Å². The molecule has 0 aliphatic heterocycles. The van der Waals surface area contributed by atoms with Gasteiger partial charge < -0.3 is 20.6 Å². The minimum atomic E-state index is -1.13. The fraction of sp³-hybridized carbons (Fsp3) is 0.0833. The largest absolute Gasteiger partial charge is 0.505 e. The van der Waals surface area contributed by atoms with Crippen LogP contribution in [0.5, 0.6) is 5.75 Å². The lowest BCUT2D eigenvalue weighted by Gasteiger charge is -2.17. The van der Waals surface area contributed by atoms with E-state index in [-0.39, 0.29) is 11.3 Å². The maximum atomic E-state index is 11.7. The van der Waals surface area contributed by atoms with Crippen molar-refractivity contribution >= 4 is 23.2 Å². The molecule has 98 valence electrons. The second-order valence-electron chi connectivity index (χ2n) is 3.92. The molecule has 1 aromatic rings. The predicted molar refractivity (Wildman–Crippen MR) is 63.4 cm³/mol. The van der Waals surface area contributed by atoms with Gasteiger partial charge in [-0.05, 0) is 12.1 Å². The van der Waals surface area contributed by atoms with Gasteiger partial charge in [0, 0.05) is 12.5 Å². The van der Waals surface area contributed by atoms with Crippen LogP contribution in [0.25, 0.3) is 0 Å². The molecule has 1 aliphatic rings. The summed E-state index contributed by atoms with van der Waals surface area (Å²) in [4.78, 5) is 34.3. The number of anilines is 1. The fourth-order valence-electron chi connectivity index (χ4n) is 1.76. The number of hydrogen-bond donors (Lipinski definition) is 4. The molecule has 1 amide bonds. The minimum absolute atomic E-state index is 0.0680. The van der Waals surface area contributed by atoms with Crippen molar-refractivity contribution in [3.05, 3.63) is 34.8 Å². The second-order valence-corrected chi connectivity index (χ2v) is 3.92. The first-order valence-electron chi connectivity index (χ1n) is 5.19. The summed E-state index contributed by atoms with van der Waals surface area (Å²) in [7, 11) is 0. The molecule has 1 aliphatic carbocycles. The third-order valence-electron chi connectivity index (χ3n) is 2.61. The van der Waals surface area contributed by atoms with Crippen LogP contribution in [0.1, 0.15) is 27.6 Å². The third kappa shape index (κ3) is 1.81. The van der Waals surface area contributed by atoms with Crippen LogP contribution in [0.4, 0.5) is 5.69 Å². The van der Waals surface area contributed by atoms with E-state index >= 15 is 0 Å². The molecule has 0 spiro atoms. The standard InChI is InChI=1S/C12H9NO6/c1-4(14)13-6-3-2-5-7(9(6)16)10(17)12(19)11(18)8(5)15/h2-3,16,18-19H,1H3,(H,13,14). The summed E-state index contributed by atoms with van der Waals surface area (Å²) in [6, 6.07) is 2.39. The van der Waals surface area contributed by atoms with Crippen LogP contribution < -0.4 is 5.32 Å². The number of hydrogen-bond acceptors (Lipinski definition) is 6. The monoisotopic (exact) mass is 263 g/mol. The summed E-state index contributed by atoms with van der Waals surface area (Å²) < 4.78 is 0. The molecule has 1 aromatic carbocycles. The molecule has 0 atom stereocenters. The van der Waals surface area contributed by atoms with E-state index in [2.05, 4.69) is 5.32 Å². The zero-order valence-corrected chi connectivity index (χ0v) is 9.72. The first-order chi connectivity index (χ1) is 8.84. The predicted octanol–water partition coefficient (Wildman–Crippen LogP) is 1.06. The number of benzene rings is 1. The number of aliphatic hydroxyl groups excluding tert-OH is 2. The molecule has 0 unspecified atom stereocenters. The number of fused-ring (bicyclic) bond motifs is 1. The lowest BCUT2D eigenvalue weighted by atomic mass is 9.91. The van der Waals surface area contributed by atoms with Crippen molar-refractivity contribution in [2.24, 2.45) is 0 Å². The summed E-state index contributed by atoms with van der Waals surface area (Å²) in [6.45, 7) is 1.20. The average Bonchev–Trinajstić information content (AvgIpc) is 2.35. The maximum Gasteiger partial charge on any atom is 0.235 e. The first kappa shape index (κ1) is 12.6. The Morgan fingerprint density at radius 3 is 2.21 bits per heavy atom. The van der Waals surface area contributed by atoms with Crippen LogP contribution in [-0.2, 0) is 4.79 Å². The number of Topliss-reactive ketones (excluding diaryl/α,β-unsaturated/α-hetero) is 2. The third-order valence-corrected chi connectivity index (χ3v) is 2.61. The van der Waals surface area contributed by atoms with Crippen molar-refractivity contribution < 1.29 is 29.7 Å². The highest BCUT2D eigenvalue weighted by atomic mass is 16.3. The van der Waals surface area contributed by atoms with Gasteiger partial charge in [0.15, 0.2) is 5.75 Å². The summed E-state index contributed by atoms with van der Waals surface area (Å²) in [5.74, 6) is -5.37. The second kappa shape index (κ2) is 4.13. The van der Waals surface area contributed by atoms with Gasteiger partial charge in [0.05, 0.1) is 11.3 Å². The Balaban J connectivity index is 2.67. The molecule has 0 heterocycles. The van der Waals surface area contributed by atoms with E-state index in [1.807, 2.05) is 0 Å². The zero-order valence-electron chi connectivity index (χ0n) is 9.72. The Kier molecular flexibility index (Phi) is 2.74. The van der Waals surface area contributed by atoms with Gasteiger partial charge in [-0.1, -0.05) is 0 Å². The van der Waals surface area contributed by atoms with E-state index < -0.39 is 40.3 Å². The number of carbonyl (C=O) groups excluding carboxylic acids is 3. The lowest BCUT2D eigenvalue weighted by Crippen LogP contribution is -2.22. The van der Waals surface area contributed by atoms with Crippen molar-refractivity contribution in [2.45, 2.75) is 6.92 Å². The smallest absolute Gasteiger partial charge is 0.235 e. The molecule has 2 rings (SSSR count). The summed E-state index contributed by atoms with van der Waals surface area (Å²) >= 11 is 0. The van der Waals surface area contributed by atoms with E-state index in [0.717, 1.165) is 0 Å². The molecule has 0 radical (unpaired) electrons. The normalized spacial score (nSPS) is 14.4. The number of allylic oxidation sites excluding steroid dienone is 2. The van der Waals surface area contributed by atoms with E-state index in [1.54, 1.807) is 0 Å². The van der Waals surface area contributed by atoms with Crippen molar-refractivity contribution in [3.8, 4) is 5.75 Å². The molecule has 19 heavy (non-hydrogen) atoms. The highest BCUT2D eigenvalue weighted by Crippen LogP contribution is 2.35. The Morgan fingerprint density at radius 1 is 1.05 bits per heavy atom. The minimum Gasteiger partial charge on any atom is -0.505 e. The van der Waals surface area contributed by atoms with Gasteiger partial charge in [-0.15, -0.1) is 0 Å². The van der Waals surface area contributed by atoms with Gasteiger partial charge in [-0.25, -0.2) is 0 Å². The van der Waals surface area contributed by atoms with Crippen LogP contribution in [0.3, 0.4) is 0 Å². The number of phenolic OH excluding ortho intramolecular Hbond substituents is 1. The van der Waals surface area contributed by atoms with Crippen molar-refractivity contribution in [2.75, 3.05) is 5.32 Å². The highest BCUT2D eigenvalue weighted by Gasteiger charge is 2.35. The Morgan fingerprint density at radius 2 is 1.63 bits per heavy atom. The molecule has 0 bridgehead atoms. The maximum absolute atomic E-state index is 11.7. The summed E-state index contributed by atoms with van der Waals surface area (Å²) in [5.41, 5.74) is -0.764. The highest BCUT2D eigenvalue weighted by molar-refractivity contribution is 6.26. The first-order valence-corrected chi connectivity index (χ1v) is 5.19. The number of aromatic hydroxyl groups is 1.